The zero-order chi connectivity index (χ0) is 23.4. The normalized spacial score (nSPS) is 14.9. The number of hydrogen-bond acceptors (Lipinski definition) is 5. The SMILES string of the molecule is COc1cc(/C=C2/C(=O)NC(=S)N(c3ccccc3)C2=O)ccc1OCc1cccc(Cl)c1. The van der Waals surface area contributed by atoms with Gasteiger partial charge in [0.25, 0.3) is 11.8 Å². The fourth-order valence-corrected chi connectivity index (χ4v) is 3.81. The maximum atomic E-state index is 13.1. The van der Waals surface area contributed by atoms with Crippen molar-refractivity contribution in [3.63, 3.8) is 0 Å². The highest BCUT2D eigenvalue weighted by atomic mass is 35.5. The topological polar surface area (TPSA) is 67.9 Å². The predicted octanol–water partition coefficient (Wildman–Crippen LogP) is 4.76. The van der Waals surface area contributed by atoms with E-state index in [-0.39, 0.29) is 10.7 Å². The Bertz CT molecular complexity index is 1260. The second-order valence-electron chi connectivity index (χ2n) is 7.12. The Hall–Kier alpha value is -3.68. The minimum Gasteiger partial charge on any atom is -0.493 e. The molecule has 0 aromatic heterocycles. The number of carbonyl (C=O) groups excluding carboxylic acids is 2. The zero-order valence-corrected chi connectivity index (χ0v) is 19.2. The largest absolute Gasteiger partial charge is 0.493 e. The van der Waals surface area contributed by atoms with Gasteiger partial charge in [-0.25, -0.2) is 0 Å². The number of methoxy groups -OCH3 is 1. The molecule has 1 fully saturated rings. The number of nitrogens with zero attached hydrogens (tertiary/aromatic N) is 1. The molecule has 0 saturated carbocycles. The molecule has 3 aromatic carbocycles. The monoisotopic (exact) mass is 478 g/mol. The Balaban J connectivity index is 1.59. The average Bonchev–Trinajstić information content (AvgIpc) is 2.81. The van der Waals surface area contributed by atoms with Crippen LogP contribution in [0.2, 0.25) is 5.02 Å². The van der Waals surface area contributed by atoms with Crippen molar-refractivity contribution in [2.24, 2.45) is 0 Å². The molecule has 6 nitrogen and oxygen atoms in total. The fraction of sp³-hybridized carbons (Fsp3) is 0.0800. The lowest BCUT2D eigenvalue weighted by Gasteiger charge is -2.28. The van der Waals surface area contributed by atoms with Crippen molar-refractivity contribution >= 4 is 52.5 Å². The first kappa shape index (κ1) is 22.5. The lowest BCUT2D eigenvalue weighted by Crippen LogP contribution is -2.54. The quantitative estimate of drug-likeness (QED) is 0.314. The number of hydrogen-bond donors (Lipinski definition) is 1. The fourth-order valence-electron chi connectivity index (χ4n) is 3.32. The van der Waals surface area contributed by atoms with Gasteiger partial charge in [-0.15, -0.1) is 0 Å². The van der Waals surface area contributed by atoms with Gasteiger partial charge in [-0.3, -0.25) is 19.8 Å². The number of thiocarbonyl (C=S) groups is 1. The summed E-state index contributed by atoms with van der Waals surface area (Å²) in [5, 5.41) is 3.24. The molecular formula is C25H19ClN2O4S. The molecule has 4 rings (SSSR count). The summed E-state index contributed by atoms with van der Waals surface area (Å²) in [7, 11) is 1.52. The van der Waals surface area contributed by atoms with E-state index in [9.17, 15) is 9.59 Å². The van der Waals surface area contributed by atoms with E-state index in [2.05, 4.69) is 5.32 Å². The van der Waals surface area contributed by atoms with E-state index in [1.165, 1.54) is 18.1 Å². The summed E-state index contributed by atoms with van der Waals surface area (Å²) in [5.41, 5.74) is 2.04. The van der Waals surface area contributed by atoms with E-state index < -0.39 is 11.8 Å². The van der Waals surface area contributed by atoms with Crippen LogP contribution in [-0.4, -0.2) is 24.0 Å². The van der Waals surface area contributed by atoms with Gasteiger partial charge in [0.05, 0.1) is 12.8 Å². The lowest BCUT2D eigenvalue weighted by atomic mass is 10.1. The van der Waals surface area contributed by atoms with Crippen molar-refractivity contribution in [3.05, 3.63) is 94.5 Å². The molecule has 0 spiro atoms. The summed E-state index contributed by atoms with van der Waals surface area (Å²) in [5.74, 6) is -0.0794. The van der Waals surface area contributed by atoms with E-state index in [0.29, 0.717) is 34.4 Å². The van der Waals surface area contributed by atoms with E-state index >= 15 is 0 Å². The first-order valence-electron chi connectivity index (χ1n) is 9.98. The molecule has 0 unspecified atom stereocenters. The first-order chi connectivity index (χ1) is 16.0. The van der Waals surface area contributed by atoms with Gasteiger partial charge in [0.2, 0.25) is 0 Å². The van der Waals surface area contributed by atoms with Gasteiger partial charge in [0.1, 0.15) is 12.2 Å². The molecule has 0 aliphatic carbocycles. The molecule has 1 aliphatic rings. The highest BCUT2D eigenvalue weighted by Gasteiger charge is 2.34. The maximum Gasteiger partial charge on any atom is 0.270 e. The first-order valence-corrected chi connectivity index (χ1v) is 10.8. The average molecular weight is 479 g/mol. The van der Waals surface area contributed by atoms with Crippen LogP contribution in [0.15, 0.2) is 78.4 Å². The summed E-state index contributed by atoms with van der Waals surface area (Å²) in [6, 6.07) is 21.4. The van der Waals surface area contributed by atoms with Crippen LogP contribution in [0.4, 0.5) is 5.69 Å². The number of carbonyl (C=O) groups is 2. The van der Waals surface area contributed by atoms with Gasteiger partial charge >= 0.3 is 0 Å². The molecule has 0 radical (unpaired) electrons. The molecule has 0 atom stereocenters. The van der Waals surface area contributed by atoms with Gasteiger partial charge in [-0.2, -0.15) is 0 Å². The number of halogens is 1. The molecule has 33 heavy (non-hydrogen) atoms. The van der Waals surface area contributed by atoms with Crippen LogP contribution in [0, 0.1) is 0 Å². The van der Waals surface area contributed by atoms with Crippen LogP contribution in [-0.2, 0) is 16.2 Å². The molecule has 2 amide bonds. The van der Waals surface area contributed by atoms with Gasteiger partial charge in [0, 0.05) is 5.02 Å². The second kappa shape index (κ2) is 9.85. The number of ether oxygens (including phenoxy) is 2. The molecule has 3 aromatic rings. The molecule has 1 saturated heterocycles. The number of para-hydroxylation sites is 1. The highest BCUT2D eigenvalue weighted by Crippen LogP contribution is 2.30. The van der Waals surface area contributed by atoms with Crippen molar-refractivity contribution in [2.45, 2.75) is 6.61 Å². The highest BCUT2D eigenvalue weighted by molar-refractivity contribution is 7.80. The summed E-state index contributed by atoms with van der Waals surface area (Å²) in [4.78, 5) is 26.9. The van der Waals surface area contributed by atoms with Gasteiger partial charge in [0.15, 0.2) is 16.6 Å². The maximum absolute atomic E-state index is 13.1. The minimum absolute atomic E-state index is 0.0377. The van der Waals surface area contributed by atoms with Crippen molar-refractivity contribution in [3.8, 4) is 11.5 Å². The van der Waals surface area contributed by atoms with E-state index in [1.54, 1.807) is 48.5 Å². The molecule has 8 heteroatoms. The minimum atomic E-state index is -0.558. The zero-order valence-electron chi connectivity index (χ0n) is 17.6. The molecule has 1 N–H and O–H groups in total. The Labute approximate surface area is 201 Å². The van der Waals surface area contributed by atoms with Crippen LogP contribution in [0.5, 0.6) is 11.5 Å². The van der Waals surface area contributed by atoms with E-state index in [1.807, 2.05) is 24.3 Å². The van der Waals surface area contributed by atoms with Crippen LogP contribution in [0.3, 0.4) is 0 Å². The van der Waals surface area contributed by atoms with Crippen LogP contribution in [0.1, 0.15) is 11.1 Å². The number of anilines is 1. The van der Waals surface area contributed by atoms with Crippen LogP contribution >= 0.6 is 23.8 Å². The van der Waals surface area contributed by atoms with Gasteiger partial charge in [-0.1, -0.05) is 48.0 Å². The van der Waals surface area contributed by atoms with E-state index in [0.717, 1.165) is 5.56 Å². The summed E-state index contributed by atoms with van der Waals surface area (Å²) < 4.78 is 11.3. The Morgan fingerprint density at radius 2 is 1.79 bits per heavy atom. The van der Waals surface area contributed by atoms with Crippen LogP contribution < -0.4 is 19.7 Å². The smallest absolute Gasteiger partial charge is 0.270 e. The number of benzene rings is 3. The third kappa shape index (κ3) is 5.05. The third-order valence-corrected chi connectivity index (χ3v) is 5.42. The number of rotatable bonds is 6. The molecule has 166 valence electrons. The third-order valence-electron chi connectivity index (χ3n) is 4.90. The van der Waals surface area contributed by atoms with Crippen LogP contribution in [0.25, 0.3) is 6.08 Å². The Kier molecular flexibility index (Phi) is 6.72. The summed E-state index contributed by atoms with van der Waals surface area (Å²) in [6.07, 6.45) is 1.50. The Morgan fingerprint density at radius 3 is 2.52 bits per heavy atom. The predicted molar refractivity (Wildman–Crippen MR) is 131 cm³/mol. The number of nitrogens with one attached hydrogen (secondary N) is 1. The molecular weight excluding hydrogens is 460 g/mol. The Morgan fingerprint density at radius 1 is 1.00 bits per heavy atom. The molecule has 1 heterocycles. The lowest BCUT2D eigenvalue weighted by molar-refractivity contribution is -0.122. The van der Waals surface area contributed by atoms with E-state index in [4.69, 9.17) is 33.3 Å². The van der Waals surface area contributed by atoms with Gasteiger partial charge in [-0.05, 0) is 65.8 Å². The van der Waals surface area contributed by atoms with Gasteiger partial charge < -0.3 is 9.47 Å². The molecule has 0 bridgehead atoms. The number of amides is 2. The van der Waals surface area contributed by atoms with Crippen molar-refractivity contribution < 1.29 is 19.1 Å². The summed E-state index contributed by atoms with van der Waals surface area (Å²) >= 11 is 11.2. The standard InChI is InChI=1S/C25H19ClN2O4S/c1-31-22-14-16(10-11-21(22)32-15-17-6-5-7-18(26)12-17)13-20-23(29)27-25(33)28(24(20)30)19-8-3-2-4-9-19/h2-14H,15H2,1H3,(H,27,29,33)/b20-13-. The summed E-state index contributed by atoms with van der Waals surface area (Å²) in [6.45, 7) is 0.307. The van der Waals surface area contributed by atoms with Crippen molar-refractivity contribution in [2.75, 3.05) is 12.0 Å². The van der Waals surface area contributed by atoms with Crippen molar-refractivity contribution in [1.82, 2.24) is 5.32 Å². The van der Waals surface area contributed by atoms with Crippen molar-refractivity contribution in [1.29, 1.82) is 0 Å². The second-order valence-corrected chi connectivity index (χ2v) is 7.95. The molecule has 1 aliphatic heterocycles.